The summed E-state index contributed by atoms with van der Waals surface area (Å²) in [6.45, 7) is 6.90. The molecule has 0 fully saturated rings. The Balaban J connectivity index is 3.42. The highest BCUT2D eigenvalue weighted by atomic mass is 16.5. The van der Waals surface area contributed by atoms with E-state index in [4.69, 9.17) is 10.5 Å². The Bertz CT molecular complexity index is 153. The van der Waals surface area contributed by atoms with Crippen LogP contribution < -0.4 is 5.73 Å². The zero-order chi connectivity index (χ0) is 8.74. The summed E-state index contributed by atoms with van der Waals surface area (Å²) in [6, 6.07) is 0. The number of hydrogen-bond donors (Lipinski definition) is 1. The standard InChI is InChI=1S/C9H17NO/c1-4-6-7-11-8-9(3,10)5-2/h5,7-8,10H2,1-3H3. The molecule has 2 nitrogen and oxygen atoms in total. The van der Waals surface area contributed by atoms with Gasteiger partial charge in [0.25, 0.3) is 0 Å². The molecular formula is C9H17NO. The highest BCUT2D eigenvalue weighted by molar-refractivity contribution is 4.95. The zero-order valence-corrected chi connectivity index (χ0v) is 7.61. The van der Waals surface area contributed by atoms with E-state index in [0.717, 1.165) is 6.42 Å². The zero-order valence-electron chi connectivity index (χ0n) is 7.61. The Morgan fingerprint density at radius 1 is 1.55 bits per heavy atom. The monoisotopic (exact) mass is 155 g/mol. The van der Waals surface area contributed by atoms with Gasteiger partial charge in [0.2, 0.25) is 0 Å². The van der Waals surface area contributed by atoms with Crippen molar-refractivity contribution in [2.75, 3.05) is 13.2 Å². The number of nitrogens with two attached hydrogens (primary N) is 1. The highest BCUT2D eigenvalue weighted by Gasteiger charge is 2.14. The molecule has 0 amide bonds. The predicted octanol–water partition coefficient (Wildman–Crippen LogP) is 1.15. The molecule has 0 aliphatic rings. The van der Waals surface area contributed by atoms with E-state index in [9.17, 15) is 0 Å². The lowest BCUT2D eigenvalue weighted by Crippen LogP contribution is -2.40. The molecule has 1 atom stereocenters. The lowest BCUT2D eigenvalue weighted by atomic mass is 10.0. The molecule has 0 saturated carbocycles. The van der Waals surface area contributed by atoms with E-state index in [-0.39, 0.29) is 5.54 Å². The van der Waals surface area contributed by atoms with Gasteiger partial charge in [-0.1, -0.05) is 12.8 Å². The third kappa shape index (κ3) is 5.90. The summed E-state index contributed by atoms with van der Waals surface area (Å²) in [5, 5.41) is 0. The van der Waals surface area contributed by atoms with E-state index in [1.165, 1.54) is 0 Å². The van der Waals surface area contributed by atoms with Crippen molar-refractivity contribution >= 4 is 0 Å². The van der Waals surface area contributed by atoms with Gasteiger partial charge in [-0.3, -0.25) is 0 Å². The predicted molar refractivity (Wildman–Crippen MR) is 47.2 cm³/mol. The van der Waals surface area contributed by atoms with Crippen molar-refractivity contribution in [2.45, 2.75) is 32.7 Å². The van der Waals surface area contributed by atoms with Crippen molar-refractivity contribution in [3.8, 4) is 11.8 Å². The summed E-state index contributed by atoms with van der Waals surface area (Å²) < 4.78 is 5.23. The number of rotatable bonds is 4. The van der Waals surface area contributed by atoms with Gasteiger partial charge in [0.15, 0.2) is 0 Å². The quantitative estimate of drug-likeness (QED) is 0.488. The molecular weight excluding hydrogens is 138 g/mol. The van der Waals surface area contributed by atoms with Crippen molar-refractivity contribution in [1.29, 1.82) is 0 Å². The summed E-state index contributed by atoms with van der Waals surface area (Å²) in [6.07, 6.45) is 0.923. The van der Waals surface area contributed by atoms with Crippen LogP contribution in [0.4, 0.5) is 0 Å². The second-order valence-corrected chi connectivity index (χ2v) is 2.93. The molecule has 64 valence electrons. The maximum atomic E-state index is 5.83. The van der Waals surface area contributed by atoms with Crippen LogP contribution in [0.1, 0.15) is 27.2 Å². The molecule has 2 N–H and O–H groups in total. The third-order valence-corrected chi connectivity index (χ3v) is 1.59. The molecule has 0 spiro atoms. The van der Waals surface area contributed by atoms with Crippen molar-refractivity contribution in [3.63, 3.8) is 0 Å². The minimum Gasteiger partial charge on any atom is -0.367 e. The second kappa shape index (κ2) is 5.17. The molecule has 0 aromatic heterocycles. The molecule has 0 aliphatic heterocycles. The molecule has 0 aromatic rings. The largest absolute Gasteiger partial charge is 0.367 e. The molecule has 0 heterocycles. The average molecular weight is 155 g/mol. The Morgan fingerprint density at radius 3 is 2.64 bits per heavy atom. The van der Waals surface area contributed by atoms with E-state index < -0.39 is 0 Å². The summed E-state index contributed by atoms with van der Waals surface area (Å²) in [7, 11) is 0. The molecule has 1 unspecified atom stereocenters. The van der Waals surface area contributed by atoms with Crippen LogP contribution in [0.5, 0.6) is 0 Å². The highest BCUT2D eigenvalue weighted by Crippen LogP contribution is 2.03. The lowest BCUT2D eigenvalue weighted by Gasteiger charge is -2.21. The third-order valence-electron chi connectivity index (χ3n) is 1.59. The fourth-order valence-corrected chi connectivity index (χ4v) is 0.509. The van der Waals surface area contributed by atoms with Crippen LogP contribution in [0.15, 0.2) is 0 Å². The summed E-state index contributed by atoms with van der Waals surface area (Å²) in [4.78, 5) is 0. The molecule has 0 aliphatic carbocycles. The second-order valence-electron chi connectivity index (χ2n) is 2.93. The number of hydrogen-bond acceptors (Lipinski definition) is 2. The molecule has 0 rings (SSSR count). The van der Waals surface area contributed by atoms with E-state index >= 15 is 0 Å². The normalized spacial score (nSPS) is 14.9. The first-order valence-corrected chi connectivity index (χ1v) is 3.88. The van der Waals surface area contributed by atoms with Crippen LogP contribution in [0.25, 0.3) is 0 Å². The van der Waals surface area contributed by atoms with E-state index in [0.29, 0.717) is 13.2 Å². The molecule has 11 heavy (non-hydrogen) atoms. The van der Waals surface area contributed by atoms with Gasteiger partial charge in [-0.05, 0) is 20.3 Å². The van der Waals surface area contributed by atoms with Gasteiger partial charge < -0.3 is 10.5 Å². The van der Waals surface area contributed by atoms with Gasteiger partial charge in [-0.25, -0.2) is 0 Å². The topological polar surface area (TPSA) is 35.2 Å². The van der Waals surface area contributed by atoms with E-state index in [2.05, 4.69) is 18.8 Å². The molecule has 0 aromatic carbocycles. The first-order valence-electron chi connectivity index (χ1n) is 3.88. The van der Waals surface area contributed by atoms with Crippen LogP contribution in [-0.4, -0.2) is 18.8 Å². The fraction of sp³-hybridized carbons (Fsp3) is 0.778. The summed E-state index contributed by atoms with van der Waals surface area (Å²) >= 11 is 0. The van der Waals surface area contributed by atoms with Gasteiger partial charge in [0.05, 0.1) is 6.61 Å². The van der Waals surface area contributed by atoms with Crippen molar-refractivity contribution in [3.05, 3.63) is 0 Å². The summed E-state index contributed by atoms with van der Waals surface area (Å²) in [5.41, 5.74) is 5.63. The first-order chi connectivity index (χ1) is 5.12. The Hall–Kier alpha value is -0.520. The number of ether oxygens (including phenoxy) is 1. The van der Waals surface area contributed by atoms with Gasteiger partial charge in [0.1, 0.15) is 6.61 Å². The van der Waals surface area contributed by atoms with E-state index in [1.54, 1.807) is 6.92 Å². The molecule has 2 heteroatoms. The molecule has 0 saturated heterocycles. The SMILES string of the molecule is CC#CCOCC(C)(N)CC. The van der Waals surface area contributed by atoms with Crippen LogP contribution >= 0.6 is 0 Å². The van der Waals surface area contributed by atoms with Crippen molar-refractivity contribution in [1.82, 2.24) is 0 Å². The van der Waals surface area contributed by atoms with Crippen LogP contribution in [0, 0.1) is 11.8 Å². The van der Waals surface area contributed by atoms with Gasteiger partial charge in [-0.15, -0.1) is 5.92 Å². The van der Waals surface area contributed by atoms with Crippen LogP contribution in [-0.2, 0) is 4.74 Å². The summed E-state index contributed by atoms with van der Waals surface area (Å²) in [5.74, 6) is 5.57. The van der Waals surface area contributed by atoms with Crippen molar-refractivity contribution in [2.24, 2.45) is 5.73 Å². The Labute approximate surface area is 69.1 Å². The van der Waals surface area contributed by atoms with Crippen LogP contribution in [0.3, 0.4) is 0 Å². The molecule has 0 radical (unpaired) electrons. The Morgan fingerprint density at radius 2 is 2.18 bits per heavy atom. The minimum atomic E-state index is -0.199. The average Bonchev–Trinajstić information content (AvgIpc) is 1.99. The fourth-order valence-electron chi connectivity index (χ4n) is 0.509. The smallest absolute Gasteiger partial charge is 0.107 e. The Kier molecular flexibility index (Phi) is 4.93. The maximum Gasteiger partial charge on any atom is 0.107 e. The lowest BCUT2D eigenvalue weighted by molar-refractivity contribution is 0.115. The first kappa shape index (κ1) is 10.5. The van der Waals surface area contributed by atoms with Crippen molar-refractivity contribution < 1.29 is 4.74 Å². The maximum absolute atomic E-state index is 5.83. The minimum absolute atomic E-state index is 0.199. The van der Waals surface area contributed by atoms with Crippen LogP contribution in [0.2, 0.25) is 0 Å². The van der Waals surface area contributed by atoms with Gasteiger partial charge in [0, 0.05) is 5.54 Å². The molecule has 0 bridgehead atoms. The van der Waals surface area contributed by atoms with E-state index in [1.807, 2.05) is 6.92 Å². The van der Waals surface area contributed by atoms with Gasteiger partial charge in [-0.2, -0.15) is 0 Å². The van der Waals surface area contributed by atoms with Gasteiger partial charge >= 0.3 is 0 Å².